The van der Waals surface area contributed by atoms with Crippen LogP contribution in [0, 0.1) is 11.3 Å². The maximum Gasteiger partial charge on any atom is 0.338 e. The lowest BCUT2D eigenvalue weighted by atomic mass is 9.96. The quantitative estimate of drug-likeness (QED) is 0.774. The Morgan fingerprint density at radius 3 is 2.56 bits per heavy atom. The molecular weight excluding hydrogens is 240 g/mol. The van der Waals surface area contributed by atoms with Crippen LogP contribution in [-0.4, -0.2) is 12.6 Å². The molecular formula is C13H13F2NO2. The van der Waals surface area contributed by atoms with Gasteiger partial charge in [0.2, 0.25) is 0 Å². The molecule has 0 amide bonds. The molecule has 1 aromatic rings. The second kappa shape index (κ2) is 6.10. The van der Waals surface area contributed by atoms with E-state index in [1.165, 1.54) is 0 Å². The number of carbonyl (C=O) groups is 1. The summed E-state index contributed by atoms with van der Waals surface area (Å²) < 4.78 is 30.2. The molecule has 0 saturated heterocycles. The zero-order chi connectivity index (χ0) is 13.7. The van der Waals surface area contributed by atoms with Gasteiger partial charge in [0.1, 0.15) is 0 Å². The number of benzene rings is 1. The third-order valence-corrected chi connectivity index (χ3v) is 2.49. The minimum atomic E-state index is -2.73. The van der Waals surface area contributed by atoms with E-state index in [1.807, 2.05) is 6.07 Å². The molecule has 0 spiro atoms. The molecule has 0 radical (unpaired) electrons. The summed E-state index contributed by atoms with van der Waals surface area (Å²) in [4.78, 5) is 11.7. The molecule has 0 aliphatic carbocycles. The summed E-state index contributed by atoms with van der Waals surface area (Å²) in [5, 5.41) is 8.94. The molecule has 1 aromatic carbocycles. The van der Waals surface area contributed by atoms with Crippen molar-refractivity contribution in [1.82, 2.24) is 0 Å². The van der Waals surface area contributed by atoms with Crippen molar-refractivity contribution >= 4 is 5.97 Å². The number of ether oxygens (including phenoxy) is 1. The van der Waals surface area contributed by atoms with Crippen molar-refractivity contribution < 1.29 is 18.3 Å². The van der Waals surface area contributed by atoms with Crippen LogP contribution in [0.4, 0.5) is 8.78 Å². The maximum absolute atomic E-state index is 12.7. The highest BCUT2D eigenvalue weighted by molar-refractivity contribution is 5.92. The molecule has 0 atom stereocenters. The number of carbonyl (C=O) groups excluding carboxylic acids is 1. The van der Waals surface area contributed by atoms with E-state index in [0.717, 1.165) is 12.1 Å². The van der Waals surface area contributed by atoms with Gasteiger partial charge in [0.15, 0.2) is 0 Å². The van der Waals surface area contributed by atoms with Crippen molar-refractivity contribution in [1.29, 1.82) is 5.26 Å². The molecule has 0 N–H and O–H groups in total. The van der Waals surface area contributed by atoms with Gasteiger partial charge in [-0.2, -0.15) is 5.26 Å². The molecule has 0 aliphatic heterocycles. The molecule has 0 bridgehead atoms. The van der Waals surface area contributed by atoms with Crippen LogP contribution in [0.5, 0.6) is 0 Å². The summed E-state index contributed by atoms with van der Waals surface area (Å²) in [6.07, 6.45) is -2.32. The first-order valence-corrected chi connectivity index (χ1v) is 5.57. The summed E-state index contributed by atoms with van der Waals surface area (Å²) >= 11 is 0. The largest absolute Gasteiger partial charge is 0.462 e. The van der Waals surface area contributed by atoms with Crippen molar-refractivity contribution in [3.05, 3.63) is 34.4 Å². The van der Waals surface area contributed by atoms with Crippen molar-refractivity contribution in [2.45, 2.75) is 26.7 Å². The normalized spacial score (nSPS) is 10.2. The van der Waals surface area contributed by atoms with Crippen molar-refractivity contribution in [2.75, 3.05) is 6.61 Å². The highest BCUT2D eigenvalue weighted by Crippen LogP contribution is 2.26. The first kappa shape index (κ1) is 14.1. The summed E-state index contributed by atoms with van der Waals surface area (Å²) in [5.41, 5.74) is 0.249. The van der Waals surface area contributed by atoms with Crippen LogP contribution in [0.25, 0.3) is 0 Å². The number of halogens is 2. The van der Waals surface area contributed by atoms with E-state index in [4.69, 9.17) is 10.00 Å². The zero-order valence-electron chi connectivity index (χ0n) is 10.2. The average molecular weight is 253 g/mol. The molecule has 0 aromatic heterocycles. The van der Waals surface area contributed by atoms with Crippen LogP contribution in [-0.2, 0) is 11.2 Å². The van der Waals surface area contributed by atoms with Gasteiger partial charge in [0.25, 0.3) is 6.43 Å². The summed E-state index contributed by atoms with van der Waals surface area (Å²) in [6, 6.07) is 4.05. The van der Waals surface area contributed by atoms with Crippen molar-refractivity contribution in [3.63, 3.8) is 0 Å². The van der Waals surface area contributed by atoms with E-state index in [0.29, 0.717) is 12.0 Å². The number of nitriles is 1. The molecule has 0 unspecified atom stereocenters. The lowest BCUT2D eigenvalue weighted by Gasteiger charge is -2.11. The first-order valence-electron chi connectivity index (χ1n) is 5.57. The molecule has 1 rings (SSSR count). The average Bonchev–Trinajstić information content (AvgIpc) is 2.37. The minimum absolute atomic E-state index is 0.0497. The van der Waals surface area contributed by atoms with Gasteiger partial charge < -0.3 is 4.74 Å². The Balaban J connectivity index is 3.41. The van der Waals surface area contributed by atoms with Gasteiger partial charge in [-0.05, 0) is 31.0 Å². The summed E-state index contributed by atoms with van der Waals surface area (Å²) in [5.74, 6) is -0.673. The van der Waals surface area contributed by atoms with Crippen LogP contribution < -0.4 is 0 Å². The van der Waals surface area contributed by atoms with Crippen LogP contribution >= 0.6 is 0 Å². The SMILES string of the molecule is CCOC(=O)c1cc(C(F)F)cc(C#N)c1CC. The van der Waals surface area contributed by atoms with Crippen LogP contribution in [0.1, 0.15) is 47.3 Å². The van der Waals surface area contributed by atoms with Gasteiger partial charge in [-0.25, -0.2) is 13.6 Å². The number of esters is 1. The highest BCUT2D eigenvalue weighted by Gasteiger charge is 2.19. The monoisotopic (exact) mass is 253 g/mol. The minimum Gasteiger partial charge on any atom is -0.462 e. The van der Waals surface area contributed by atoms with Gasteiger partial charge >= 0.3 is 5.97 Å². The molecule has 96 valence electrons. The molecule has 3 nitrogen and oxygen atoms in total. The number of nitrogens with zero attached hydrogens (tertiary/aromatic N) is 1. The molecule has 0 heterocycles. The van der Waals surface area contributed by atoms with E-state index < -0.39 is 12.4 Å². The fraction of sp³-hybridized carbons (Fsp3) is 0.385. The maximum atomic E-state index is 12.7. The summed E-state index contributed by atoms with van der Waals surface area (Å²) in [7, 11) is 0. The lowest BCUT2D eigenvalue weighted by molar-refractivity contribution is 0.0524. The van der Waals surface area contributed by atoms with Crippen molar-refractivity contribution in [3.8, 4) is 6.07 Å². The van der Waals surface area contributed by atoms with E-state index in [2.05, 4.69) is 0 Å². The fourth-order valence-corrected chi connectivity index (χ4v) is 1.69. The Hall–Kier alpha value is -1.96. The number of alkyl halides is 2. The number of rotatable bonds is 4. The van der Waals surface area contributed by atoms with Gasteiger partial charge in [0, 0.05) is 5.56 Å². The van der Waals surface area contributed by atoms with E-state index >= 15 is 0 Å². The van der Waals surface area contributed by atoms with Crippen molar-refractivity contribution in [2.24, 2.45) is 0 Å². The zero-order valence-corrected chi connectivity index (χ0v) is 10.2. The number of hydrogen-bond donors (Lipinski definition) is 0. The predicted molar refractivity (Wildman–Crippen MR) is 61.4 cm³/mol. The van der Waals surface area contributed by atoms with Gasteiger partial charge in [0.05, 0.1) is 23.8 Å². The Morgan fingerprint density at radius 2 is 2.11 bits per heavy atom. The fourth-order valence-electron chi connectivity index (χ4n) is 1.69. The lowest BCUT2D eigenvalue weighted by Crippen LogP contribution is -2.10. The summed E-state index contributed by atoms with van der Waals surface area (Å²) in [6.45, 7) is 3.54. The van der Waals surface area contributed by atoms with Gasteiger partial charge in [-0.1, -0.05) is 6.92 Å². The Bertz CT molecular complexity index is 492. The second-order valence-corrected chi connectivity index (χ2v) is 3.58. The topological polar surface area (TPSA) is 50.1 Å². The molecule has 0 saturated carbocycles. The van der Waals surface area contributed by atoms with E-state index in [9.17, 15) is 13.6 Å². The highest BCUT2D eigenvalue weighted by atomic mass is 19.3. The van der Waals surface area contributed by atoms with Crippen LogP contribution in [0.15, 0.2) is 12.1 Å². The van der Waals surface area contributed by atoms with Crippen LogP contribution in [0.2, 0.25) is 0 Å². The standard InChI is InChI=1S/C13H13F2NO2/c1-3-10-9(7-16)5-8(12(14)15)6-11(10)13(17)18-4-2/h5-6,12H,3-4H2,1-2H3. The first-order chi connectivity index (χ1) is 8.54. The second-order valence-electron chi connectivity index (χ2n) is 3.58. The molecule has 0 fully saturated rings. The predicted octanol–water partition coefficient (Wildman–Crippen LogP) is 3.23. The molecule has 0 aliphatic rings. The number of hydrogen-bond acceptors (Lipinski definition) is 3. The molecule has 5 heteroatoms. The Labute approximate surface area is 104 Å². The van der Waals surface area contributed by atoms with Gasteiger partial charge in [-0.3, -0.25) is 0 Å². The molecule has 18 heavy (non-hydrogen) atoms. The smallest absolute Gasteiger partial charge is 0.338 e. The Morgan fingerprint density at radius 1 is 1.44 bits per heavy atom. The van der Waals surface area contributed by atoms with E-state index in [1.54, 1.807) is 13.8 Å². The van der Waals surface area contributed by atoms with Gasteiger partial charge in [-0.15, -0.1) is 0 Å². The third kappa shape index (κ3) is 2.83. The Kier molecular flexibility index (Phi) is 4.78. The van der Waals surface area contributed by atoms with Crippen LogP contribution in [0.3, 0.4) is 0 Å². The van der Waals surface area contributed by atoms with E-state index in [-0.39, 0.29) is 23.3 Å². The third-order valence-electron chi connectivity index (χ3n) is 2.49.